The Hall–Kier alpha value is -2.64. The smallest absolute Gasteiger partial charge is 0.0800 e. The first-order chi connectivity index (χ1) is 15.4. The molecule has 0 aromatic heterocycles. The van der Waals surface area contributed by atoms with Crippen LogP contribution in [0, 0.1) is 17.8 Å². The molecule has 1 saturated heterocycles. The molecule has 0 amide bonds. The van der Waals surface area contributed by atoms with Gasteiger partial charge in [0.05, 0.1) is 23.0 Å². The third-order valence-electron chi connectivity index (χ3n) is 6.60. The van der Waals surface area contributed by atoms with Gasteiger partial charge in [-0.3, -0.25) is 0 Å². The van der Waals surface area contributed by atoms with E-state index < -0.39 is 0 Å². The number of hydrogen-bond acceptors (Lipinski definition) is 4. The van der Waals surface area contributed by atoms with Crippen LogP contribution in [-0.2, 0) is 0 Å². The minimum Gasteiger partial charge on any atom is -0.390 e. The standard InChI is InChI=1S/C28H42N4/c1-8-10-17-26(23(3)29-4)32(7)27-18-13-16-25(28(27)31(6)9-2)15-12-11-14-24-19-21-30(5)22-20-24/h8-9,13,16,18,24,26,29H,1-3,10-11,14,17,19-22H2,4-7H3. The number of nitrogens with zero attached hydrogens (tertiary/aromatic N) is 3. The molecule has 0 aliphatic carbocycles. The summed E-state index contributed by atoms with van der Waals surface area (Å²) >= 11 is 0. The van der Waals surface area contributed by atoms with Crippen molar-refractivity contribution in [3.63, 3.8) is 0 Å². The maximum absolute atomic E-state index is 4.25. The van der Waals surface area contributed by atoms with Gasteiger partial charge in [0.15, 0.2) is 0 Å². The van der Waals surface area contributed by atoms with Crippen molar-refractivity contribution in [1.29, 1.82) is 0 Å². The Bertz CT molecular complexity index is 824. The molecule has 1 fully saturated rings. The summed E-state index contributed by atoms with van der Waals surface area (Å²) in [6, 6.07) is 6.52. The van der Waals surface area contributed by atoms with E-state index in [9.17, 15) is 0 Å². The van der Waals surface area contributed by atoms with Gasteiger partial charge in [-0.05, 0) is 76.5 Å². The third-order valence-corrected chi connectivity index (χ3v) is 6.60. The molecule has 1 unspecified atom stereocenters. The first-order valence-electron chi connectivity index (χ1n) is 11.8. The number of para-hydroxylation sites is 1. The van der Waals surface area contributed by atoms with Gasteiger partial charge in [-0.1, -0.05) is 37.1 Å². The van der Waals surface area contributed by atoms with Crippen molar-refractivity contribution in [2.45, 2.75) is 44.6 Å². The van der Waals surface area contributed by atoms with Crippen LogP contribution >= 0.6 is 0 Å². The fourth-order valence-electron chi connectivity index (χ4n) is 4.38. The van der Waals surface area contributed by atoms with Crippen molar-refractivity contribution < 1.29 is 0 Å². The molecule has 1 aliphatic rings. The number of nitrogens with one attached hydrogen (secondary N) is 1. The molecule has 4 heteroatoms. The van der Waals surface area contributed by atoms with Gasteiger partial charge in [-0.15, -0.1) is 6.58 Å². The van der Waals surface area contributed by atoms with Crippen LogP contribution in [0.3, 0.4) is 0 Å². The van der Waals surface area contributed by atoms with Crippen LogP contribution in [0.25, 0.3) is 0 Å². The number of rotatable bonds is 11. The Balaban J connectivity index is 2.26. The van der Waals surface area contributed by atoms with Crippen LogP contribution < -0.4 is 15.1 Å². The molecule has 1 aromatic carbocycles. The van der Waals surface area contributed by atoms with Crippen LogP contribution in [0.15, 0.2) is 55.9 Å². The number of likely N-dealkylation sites (N-methyl/N-ethyl adjacent to an activating group) is 2. The number of benzene rings is 1. The number of piperidine rings is 1. The molecular formula is C28H42N4. The first-order valence-corrected chi connectivity index (χ1v) is 11.8. The molecule has 4 nitrogen and oxygen atoms in total. The lowest BCUT2D eigenvalue weighted by atomic mass is 9.92. The molecule has 0 bridgehead atoms. The van der Waals surface area contributed by atoms with E-state index >= 15 is 0 Å². The lowest BCUT2D eigenvalue weighted by Crippen LogP contribution is -2.37. The van der Waals surface area contributed by atoms with Gasteiger partial charge in [-0.25, -0.2) is 0 Å². The van der Waals surface area contributed by atoms with E-state index in [1.165, 1.54) is 32.4 Å². The van der Waals surface area contributed by atoms with Crippen molar-refractivity contribution in [3.05, 3.63) is 61.5 Å². The Kier molecular flexibility index (Phi) is 10.4. The van der Waals surface area contributed by atoms with Gasteiger partial charge in [0.2, 0.25) is 0 Å². The second-order valence-corrected chi connectivity index (χ2v) is 8.82. The Morgan fingerprint density at radius 3 is 2.62 bits per heavy atom. The molecule has 0 radical (unpaired) electrons. The van der Waals surface area contributed by atoms with Crippen molar-refractivity contribution in [1.82, 2.24) is 10.2 Å². The van der Waals surface area contributed by atoms with Gasteiger partial charge in [0.25, 0.3) is 0 Å². The van der Waals surface area contributed by atoms with Crippen LogP contribution in [0.1, 0.15) is 44.1 Å². The highest BCUT2D eigenvalue weighted by molar-refractivity contribution is 5.79. The Morgan fingerprint density at radius 1 is 1.28 bits per heavy atom. The number of anilines is 2. The van der Waals surface area contributed by atoms with Crippen molar-refractivity contribution in [2.75, 3.05) is 51.1 Å². The zero-order chi connectivity index (χ0) is 23.5. The summed E-state index contributed by atoms with van der Waals surface area (Å²) in [5.41, 5.74) is 4.25. The van der Waals surface area contributed by atoms with Crippen LogP contribution in [0.4, 0.5) is 11.4 Å². The van der Waals surface area contributed by atoms with Crippen LogP contribution in [-0.4, -0.2) is 52.2 Å². The molecule has 1 aliphatic heterocycles. The maximum Gasteiger partial charge on any atom is 0.0800 e. The summed E-state index contributed by atoms with van der Waals surface area (Å²) in [6.07, 6.45) is 10.4. The fraction of sp³-hybridized carbons (Fsp3) is 0.500. The lowest BCUT2D eigenvalue weighted by molar-refractivity contribution is 0.213. The van der Waals surface area contributed by atoms with Gasteiger partial charge in [0, 0.05) is 33.3 Å². The quantitative estimate of drug-likeness (QED) is 0.379. The second kappa shape index (κ2) is 13.0. The second-order valence-electron chi connectivity index (χ2n) is 8.82. The molecule has 1 aromatic rings. The van der Waals surface area contributed by atoms with E-state index in [0.717, 1.165) is 47.8 Å². The molecule has 32 heavy (non-hydrogen) atoms. The predicted octanol–water partition coefficient (Wildman–Crippen LogP) is 5.24. The van der Waals surface area contributed by atoms with Gasteiger partial charge < -0.3 is 20.0 Å². The number of hydrogen-bond donors (Lipinski definition) is 1. The van der Waals surface area contributed by atoms with E-state index in [-0.39, 0.29) is 6.04 Å². The van der Waals surface area contributed by atoms with Gasteiger partial charge in [0.1, 0.15) is 0 Å². The molecule has 1 atom stereocenters. The number of likely N-dealkylation sites (tertiary alicyclic amines) is 1. The molecular weight excluding hydrogens is 392 g/mol. The summed E-state index contributed by atoms with van der Waals surface area (Å²) in [4.78, 5) is 6.79. The summed E-state index contributed by atoms with van der Waals surface area (Å²) in [5, 5.41) is 3.24. The van der Waals surface area contributed by atoms with Gasteiger partial charge >= 0.3 is 0 Å². The predicted molar refractivity (Wildman–Crippen MR) is 141 cm³/mol. The molecule has 1 heterocycles. The van der Waals surface area contributed by atoms with Crippen LogP contribution in [0.5, 0.6) is 0 Å². The molecule has 1 N–H and O–H groups in total. The van der Waals surface area contributed by atoms with Crippen molar-refractivity contribution in [3.8, 4) is 11.8 Å². The highest BCUT2D eigenvalue weighted by Gasteiger charge is 2.22. The van der Waals surface area contributed by atoms with E-state index in [4.69, 9.17) is 0 Å². The summed E-state index contributed by atoms with van der Waals surface area (Å²) in [7, 11) is 8.31. The van der Waals surface area contributed by atoms with E-state index in [1.54, 1.807) is 0 Å². The normalized spacial score (nSPS) is 15.2. The third kappa shape index (κ3) is 6.93. The van der Waals surface area contributed by atoms with Gasteiger partial charge in [-0.2, -0.15) is 0 Å². The van der Waals surface area contributed by atoms with Crippen molar-refractivity contribution >= 4 is 11.4 Å². The molecule has 174 valence electrons. The zero-order valence-electron chi connectivity index (χ0n) is 20.7. The van der Waals surface area contributed by atoms with E-state index in [1.807, 2.05) is 26.4 Å². The largest absolute Gasteiger partial charge is 0.390 e. The fourth-order valence-corrected chi connectivity index (χ4v) is 4.38. The highest BCUT2D eigenvalue weighted by Crippen LogP contribution is 2.34. The minimum atomic E-state index is 0.155. The topological polar surface area (TPSA) is 21.8 Å². The SMILES string of the molecule is C=CCCC(C(=C)NC)N(C)c1cccc(C#CCCC2CCN(C)CC2)c1N(C)C=C. The van der Waals surface area contributed by atoms with Crippen LogP contribution in [0.2, 0.25) is 0 Å². The summed E-state index contributed by atoms with van der Waals surface area (Å²) in [6.45, 7) is 14.6. The van der Waals surface area contributed by atoms with Crippen molar-refractivity contribution in [2.24, 2.45) is 5.92 Å². The highest BCUT2D eigenvalue weighted by atomic mass is 15.2. The average Bonchev–Trinajstić information content (AvgIpc) is 2.82. The molecule has 0 saturated carbocycles. The summed E-state index contributed by atoms with van der Waals surface area (Å²) in [5.74, 6) is 7.74. The number of allylic oxidation sites excluding steroid dienone is 1. The monoisotopic (exact) mass is 434 g/mol. The Morgan fingerprint density at radius 2 is 2.00 bits per heavy atom. The molecule has 2 rings (SSSR count). The minimum absolute atomic E-state index is 0.155. The summed E-state index contributed by atoms with van der Waals surface area (Å²) < 4.78 is 0. The van der Waals surface area contributed by atoms with E-state index in [0.29, 0.717) is 0 Å². The molecule has 0 spiro atoms. The van der Waals surface area contributed by atoms with E-state index in [2.05, 4.69) is 83.9 Å². The lowest BCUT2D eigenvalue weighted by Gasteiger charge is -2.34. The maximum atomic E-state index is 4.25. The first kappa shape index (κ1) is 25.6. The zero-order valence-corrected chi connectivity index (χ0v) is 20.7. The Labute approximate surface area is 196 Å². The average molecular weight is 435 g/mol.